The number of carboxylic acids is 1. The number of hydrogen-bond donors (Lipinski definition) is 3. The van der Waals surface area contributed by atoms with E-state index in [1.807, 2.05) is 0 Å². The second-order valence-corrected chi connectivity index (χ2v) is 4.46. The molecular weight excluding hydrogens is 238 g/mol. The van der Waals surface area contributed by atoms with Gasteiger partial charge in [0.25, 0.3) is 0 Å². The van der Waals surface area contributed by atoms with Crippen LogP contribution in [0.5, 0.6) is 0 Å². The first-order chi connectivity index (χ1) is 8.38. The smallest absolute Gasteiger partial charge is 0.321 e. The van der Waals surface area contributed by atoms with Gasteiger partial charge in [-0.2, -0.15) is 0 Å². The van der Waals surface area contributed by atoms with Crippen molar-refractivity contribution in [3.63, 3.8) is 0 Å². The van der Waals surface area contributed by atoms with Gasteiger partial charge in [0, 0.05) is 19.6 Å². The van der Waals surface area contributed by atoms with Crippen LogP contribution in [0.4, 0.5) is 4.79 Å². The minimum absolute atomic E-state index is 0.215. The molecule has 0 aliphatic carbocycles. The first-order valence-electron chi connectivity index (χ1n) is 5.89. The number of carbonyl (C=O) groups excluding carboxylic acids is 2. The summed E-state index contributed by atoms with van der Waals surface area (Å²) in [5, 5.41) is 13.5. The van der Waals surface area contributed by atoms with Crippen LogP contribution in [0, 0.1) is 5.92 Å². The predicted molar refractivity (Wildman–Crippen MR) is 64.0 cm³/mol. The molecule has 1 heterocycles. The van der Waals surface area contributed by atoms with Crippen molar-refractivity contribution in [2.24, 2.45) is 5.92 Å². The second kappa shape index (κ2) is 5.81. The highest BCUT2D eigenvalue weighted by Crippen LogP contribution is 2.26. The molecular formula is C11H19N3O4. The Labute approximate surface area is 106 Å². The fourth-order valence-electron chi connectivity index (χ4n) is 2.27. The van der Waals surface area contributed by atoms with Gasteiger partial charge in [0.1, 0.15) is 0 Å². The van der Waals surface area contributed by atoms with Crippen molar-refractivity contribution in [3.05, 3.63) is 0 Å². The molecule has 7 nitrogen and oxygen atoms in total. The number of hydrogen-bond acceptors (Lipinski definition) is 4. The molecule has 1 saturated heterocycles. The van der Waals surface area contributed by atoms with Gasteiger partial charge in [-0.1, -0.05) is 0 Å². The molecule has 0 bridgehead atoms. The fraction of sp³-hybridized carbons (Fsp3) is 0.727. The molecule has 3 atom stereocenters. The lowest BCUT2D eigenvalue weighted by molar-refractivity contribution is -0.143. The van der Waals surface area contributed by atoms with Crippen LogP contribution in [0.3, 0.4) is 0 Å². The van der Waals surface area contributed by atoms with Gasteiger partial charge >= 0.3 is 12.0 Å². The molecule has 1 rings (SSSR count). The maximum atomic E-state index is 11.8. The van der Waals surface area contributed by atoms with Gasteiger partial charge < -0.3 is 10.4 Å². The summed E-state index contributed by atoms with van der Waals surface area (Å²) in [6.07, 6.45) is 0.522. The number of carboxylic acid groups (broad SMARTS) is 1. The molecule has 0 aromatic carbocycles. The van der Waals surface area contributed by atoms with E-state index in [-0.39, 0.29) is 6.04 Å². The van der Waals surface area contributed by atoms with Crippen molar-refractivity contribution in [1.29, 1.82) is 0 Å². The number of carbonyl (C=O) groups is 3. The fourth-order valence-corrected chi connectivity index (χ4v) is 2.27. The van der Waals surface area contributed by atoms with E-state index in [1.165, 1.54) is 7.05 Å². The number of amides is 3. The van der Waals surface area contributed by atoms with E-state index < -0.39 is 29.9 Å². The molecule has 1 fully saturated rings. The molecule has 1 aliphatic rings. The third kappa shape index (κ3) is 2.98. The van der Waals surface area contributed by atoms with Gasteiger partial charge in [0.05, 0.1) is 12.0 Å². The summed E-state index contributed by atoms with van der Waals surface area (Å²) in [7, 11) is 1.42. The van der Waals surface area contributed by atoms with E-state index >= 15 is 0 Å². The Morgan fingerprint density at radius 2 is 2.00 bits per heavy atom. The number of nitrogens with zero attached hydrogens (tertiary/aromatic N) is 1. The molecule has 1 aliphatic heterocycles. The number of aliphatic carboxylic acids is 1. The van der Waals surface area contributed by atoms with Crippen LogP contribution in [0.25, 0.3) is 0 Å². The zero-order valence-corrected chi connectivity index (χ0v) is 10.8. The van der Waals surface area contributed by atoms with E-state index in [4.69, 9.17) is 5.11 Å². The molecule has 3 N–H and O–H groups in total. The number of nitrogens with one attached hydrogen (secondary N) is 2. The summed E-state index contributed by atoms with van der Waals surface area (Å²) >= 11 is 0. The van der Waals surface area contributed by atoms with Crippen LogP contribution < -0.4 is 10.6 Å². The van der Waals surface area contributed by atoms with Gasteiger partial charge in [-0.3, -0.25) is 19.8 Å². The average molecular weight is 257 g/mol. The maximum Gasteiger partial charge on any atom is 0.321 e. The zero-order valence-electron chi connectivity index (χ0n) is 10.8. The lowest BCUT2D eigenvalue weighted by Crippen LogP contribution is -2.50. The van der Waals surface area contributed by atoms with E-state index in [0.29, 0.717) is 13.0 Å². The van der Waals surface area contributed by atoms with Crippen molar-refractivity contribution >= 4 is 17.9 Å². The lowest BCUT2D eigenvalue weighted by Gasteiger charge is -2.28. The summed E-state index contributed by atoms with van der Waals surface area (Å²) in [5.74, 6) is -1.73. The van der Waals surface area contributed by atoms with Crippen LogP contribution in [0.15, 0.2) is 0 Å². The van der Waals surface area contributed by atoms with Gasteiger partial charge in [0.2, 0.25) is 5.91 Å². The van der Waals surface area contributed by atoms with Crippen molar-refractivity contribution in [3.8, 4) is 0 Å². The van der Waals surface area contributed by atoms with Crippen molar-refractivity contribution < 1.29 is 19.5 Å². The molecule has 0 spiro atoms. The molecule has 102 valence electrons. The van der Waals surface area contributed by atoms with Gasteiger partial charge in [-0.25, -0.2) is 4.79 Å². The van der Waals surface area contributed by atoms with Crippen molar-refractivity contribution in [2.75, 3.05) is 13.6 Å². The predicted octanol–water partition coefficient (Wildman–Crippen LogP) is -0.374. The van der Waals surface area contributed by atoms with E-state index in [1.54, 1.807) is 18.7 Å². The number of rotatable bonds is 3. The first kappa shape index (κ1) is 14.4. The van der Waals surface area contributed by atoms with Crippen LogP contribution >= 0.6 is 0 Å². The van der Waals surface area contributed by atoms with E-state index in [9.17, 15) is 14.4 Å². The third-order valence-corrected chi connectivity index (χ3v) is 3.46. The highest BCUT2D eigenvalue weighted by Gasteiger charge is 2.39. The number of urea groups is 1. The molecule has 7 heteroatoms. The first-order valence-corrected chi connectivity index (χ1v) is 5.89. The Kier molecular flexibility index (Phi) is 4.66. The lowest BCUT2D eigenvalue weighted by atomic mass is 10.0. The third-order valence-electron chi connectivity index (χ3n) is 3.46. The standard InChI is InChI=1S/C11H19N3O4/c1-6-8(10(16)17)4-5-14(6)7(2)9(15)13-11(18)12-3/h6-8H,4-5H2,1-3H3,(H,16,17)(H2,12,13,15,18). The molecule has 0 aromatic rings. The van der Waals surface area contributed by atoms with Crippen LogP contribution in [-0.2, 0) is 9.59 Å². The second-order valence-electron chi connectivity index (χ2n) is 4.46. The monoisotopic (exact) mass is 257 g/mol. The normalized spacial score (nSPS) is 25.5. The highest BCUT2D eigenvalue weighted by molar-refractivity contribution is 5.96. The van der Waals surface area contributed by atoms with Gasteiger partial charge in [-0.15, -0.1) is 0 Å². The maximum absolute atomic E-state index is 11.8. The molecule has 3 amide bonds. The highest BCUT2D eigenvalue weighted by atomic mass is 16.4. The minimum Gasteiger partial charge on any atom is -0.481 e. The molecule has 0 radical (unpaired) electrons. The summed E-state index contributed by atoms with van der Waals surface area (Å²) in [5.41, 5.74) is 0. The van der Waals surface area contributed by atoms with Gasteiger partial charge in [0.15, 0.2) is 0 Å². The van der Waals surface area contributed by atoms with E-state index in [0.717, 1.165) is 0 Å². The van der Waals surface area contributed by atoms with Crippen LogP contribution in [-0.4, -0.2) is 53.6 Å². The topological polar surface area (TPSA) is 98.7 Å². The minimum atomic E-state index is -0.844. The van der Waals surface area contributed by atoms with Crippen LogP contribution in [0.2, 0.25) is 0 Å². The summed E-state index contributed by atoms with van der Waals surface area (Å²) < 4.78 is 0. The van der Waals surface area contributed by atoms with E-state index in [2.05, 4.69) is 10.6 Å². The SMILES string of the molecule is CNC(=O)NC(=O)C(C)N1CCC(C(=O)O)C1C. The number of imide groups is 1. The Hall–Kier alpha value is -1.63. The Bertz CT molecular complexity index is 358. The Morgan fingerprint density at radius 1 is 1.39 bits per heavy atom. The molecule has 3 unspecified atom stereocenters. The Morgan fingerprint density at radius 3 is 2.44 bits per heavy atom. The van der Waals surface area contributed by atoms with Crippen LogP contribution in [0.1, 0.15) is 20.3 Å². The van der Waals surface area contributed by atoms with Crippen molar-refractivity contribution in [2.45, 2.75) is 32.4 Å². The molecule has 18 heavy (non-hydrogen) atoms. The summed E-state index contributed by atoms with van der Waals surface area (Å²) in [6, 6.07) is -1.30. The number of likely N-dealkylation sites (tertiary alicyclic amines) is 1. The molecule has 0 saturated carbocycles. The van der Waals surface area contributed by atoms with Gasteiger partial charge in [-0.05, 0) is 20.3 Å². The molecule has 0 aromatic heterocycles. The average Bonchev–Trinajstić information content (AvgIpc) is 2.69. The quantitative estimate of drug-likeness (QED) is 0.640. The zero-order chi connectivity index (χ0) is 13.9. The summed E-state index contributed by atoms with van der Waals surface area (Å²) in [6.45, 7) is 3.99. The largest absolute Gasteiger partial charge is 0.481 e. The van der Waals surface area contributed by atoms with Crippen molar-refractivity contribution in [1.82, 2.24) is 15.5 Å². The Balaban J connectivity index is 2.63. The summed E-state index contributed by atoms with van der Waals surface area (Å²) in [4.78, 5) is 35.6.